The Morgan fingerprint density at radius 2 is 1.86 bits per heavy atom. The van der Waals surface area contributed by atoms with Crippen LogP contribution >= 0.6 is 0 Å². The second-order valence-electron chi connectivity index (χ2n) is 4.59. The third-order valence-electron chi connectivity index (χ3n) is 2.96. The highest BCUT2D eigenvalue weighted by Gasteiger charge is 2.28. The van der Waals surface area contributed by atoms with Crippen LogP contribution in [0, 0.1) is 5.92 Å². The van der Waals surface area contributed by atoms with Gasteiger partial charge in [-0.05, 0) is 35.8 Å². The van der Waals surface area contributed by atoms with Gasteiger partial charge in [0, 0.05) is 0 Å². The van der Waals surface area contributed by atoms with E-state index in [9.17, 15) is 5.11 Å². The van der Waals surface area contributed by atoms with Gasteiger partial charge in [-0.15, -0.1) is 0 Å². The summed E-state index contributed by atoms with van der Waals surface area (Å²) in [6.07, 6.45) is 2.29. The van der Waals surface area contributed by atoms with E-state index in [2.05, 4.69) is 32.0 Å². The molecule has 1 aromatic rings. The van der Waals surface area contributed by atoms with E-state index in [0.29, 0.717) is 5.92 Å². The molecule has 0 spiro atoms. The molecule has 1 aromatic carbocycles. The summed E-state index contributed by atoms with van der Waals surface area (Å²) in [5.74, 6) is 1.02. The van der Waals surface area contributed by atoms with Crippen molar-refractivity contribution in [1.29, 1.82) is 0 Å². The Bertz CT molecular complexity index is 313. The maximum atomic E-state index is 10.1. The molecule has 1 unspecified atom stereocenters. The monoisotopic (exact) mass is 190 g/mol. The summed E-state index contributed by atoms with van der Waals surface area (Å²) >= 11 is 0. The van der Waals surface area contributed by atoms with E-state index in [1.807, 2.05) is 6.07 Å². The van der Waals surface area contributed by atoms with Crippen molar-refractivity contribution in [2.45, 2.75) is 38.7 Å². The summed E-state index contributed by atoms with van der Waals surface area (Å²) in [7, 11) is 0. The Labute approximate surface area is 85.8 Å². The Hall–Kier alpha value is -0.820. The molecule has 0 amide bonds. The molecule has 0 aromatic heterocycles. The topological polar surface area (TPSA) is 20.2 Å². The molecule has 1 aliphatic carbocycles. The number of hydrogen-bond donors (Lipinski definition) is 1. The Kier molecular flexibility index (Phi) is 2.60. The molecule has 0 heterocycles. The van der Waals surface area contributed by atoms with Gasteiger partial charge in [-0.25, -0.2) is 0 Å². The average Bonchev–Trinajstić information content (AvgIpc) is 3.00. The van der Waals surface area contributed by atoms with Gasteiger partial charge in [0.2, 0.25) is 0 Å². The Morgan fingerprint density at radius 1 is 1.21 bits per heavy atom. The molecule has 0 aliphatic heterocycles. The minimum atomic E-state index is -0.299. The summed E-state index contributed by atoms with van der Waals surface area (Å²) in [6.45, 7) is 4.13. The SMILES string of the molecule is CC(C)C(O)c1ccccc1C1CC1. The van der Waals surface area contributed by atoms with E-state index < -0.39 is 0 Å². The van der Waals surface area contributed by atoms with E-state index in [4.69, 9.17) is 0 Å². The number of rotatable bonds is 3. The Balaban J connectivity index is 2.30. The average molecular weight is 190 g/mol. The van der Waals surface area contributed by atoms with Crippen LogP contribution in [0.15, 0.2) is 24.3 Å². The highest BCUT2D eigenvalue weighted by atomic mass is 16.3. The van der Waals surface area contributed by atoms with Crippen molar-refractivity contribution in [2.24, 2.45) is 5.92 Å². The van der Waals surface area contributed by atoms with Crippen LogP contribution in [-0.4, -0.2) is 5.11 Å². The second-order valence-corrected chi connectivity index (χ2v) is 4.59. The molecule has 1 saturated carbocycles. The lowest BCUT2D eigenvalue weighted by molar-refractivity contribution is 0.126. The van der Waals surface area contributed by atoms with Crippen LogP contribution in [0.3, 0.4) is 0 Å². The van der Waals surface area contributed by atoms with Gasteiger partial charge in [-0.2, -0.15) is 0 Å². The fourth-order valence-electron chi connectivity index (χ4n) is 1.91. The zero-order valence-corrected chi connectivity index (χ0v) is 8.90. The molecule has 1 fully saturated rings. The number of benzene rings is 1. The van der Waals surface area contributed by atoms with E-state index in [1.165, 1.54) is 18.4 Å². The summed E-state index contributed by atoms with van der Waals surface area (Å²) in [5.41, 5.74) is 2.51. The molecular formula is C13H18O. The molecule has 1 aliphatic rings. The predicted molar refractivity (Wildman–Crippen MR) is 58.2 cm³/mol. The third-order valence-corrected chi connectivity index (χ3v) is 2.96. The quantitative estimate of drug-likeness (QED) is 0.775. The van der Waals surface area contributed by atoms with Crippen LogP contribution in [-0.2, 0) is 0 Å². The van der Waals surface area contributed by atoms with E-state index in [0.717, 1.165) is 11.5 Å². The maximum Gasteiger partial charge on any atom is 0.0815 e. The summed E-state index contributed by atoms with van der Waals surface area (Å²) < 4.78 is 0. The first-order valence-corrected chi connectivity index (χ1v) is 5.47. The summed E-state index contributed by atoms with van der Waals surface area (Å²) in [4.78, 5) is 0. The second kappa shape index (κ2) is 3.74. The zero-order chi connectivity index (χ0) is 10.1. The first-order valence-electron chi connectivity index (χ1n) is 5.47. The highest BCUT2D eigenvalue weighted by Crippen LogP contribution is 2.43. The predicted octanol–water partition coefficient (Wildman–Crippen LogP) is 3.25. The van der Waals surface area contributed by atoms with E-state index in [-0.39, 0.29) is 6.10 Å². The fourth-order valence-corrected chi connectivity index (χ4v) is 1.91. The van der Waals surface area contributed by atoms with Gasteiger partial charge >= 0.3 is 0 Å². The van der Waals surface area contributed by atoms with Gasteiger partial charge in [0.1, 0.15) is 0 Å². The van der Waals surface area contributed by atoms with Gasteiger partial charge in [-0.1, -0.05) is 38.1 Å². The molecule has 76 valence electrons. The standard InChI is InChI=1S/C13H18O/c1-9(2)13(14)12-6-4-3-5-11(12)10-7-8-10/h3-6,9-10,13-14H,7-8H2,1-2H3. The molecule has 0 saturated heterocycles. The number of aliphatic hydroxyl groups excluding tert-OH is 1. The van der Waals surface area contributed by atoms with Gasteiger partial charge in [0.25, 0.3) is 0 Å². The fraction of sp³-hybridized carbons (Fsp3) is 0.538. The molecule has 1 atom stereocenters. The lowest BCUT2D eigenvalue weighted by Crippen LogP contribution is -2.07. The first kappa shape index (κ1) is 9.72. The molecule has 2 rings (SSSR count). The van der Waals surface area contributed by atoms with Crippen molar-refractivity contribution in [3.8, 4) is 0 Å². The normalized spacial score (nSPS) is 18.6. The number of hydrogen-bond acceptors (Lipinski definition) is 1. The highest BCUT2D eigenvalue weighted by molar-refractivity contribution is 5.34. The van der Waals surface area contributed by atoms with Gasteiger partial charge < -0.3 is 5.11 Å². The van der Waals surface area contributed by atoms with E-state index in [1.54, 1.807) is 0 Å². The lowest BCUT2D eigenvalue weighted by atomic mass is 9.93. The van der Waals surface area contributed by atoms with Crippen LogP contribution in [0.1, 0.15) is 49.8 Å². The summed E-state index contributed by atoms with van der Waals surface area (Å²) in [5, 5.41) is 10.1. The first-order chi connectivity index (χ1) is 6.70. The smallest absolute Gasteiger partial charge is 0.0815 e. The zero-order valence-electron chi connectivity index (χ0n) is 8.90. The minimum Gasteiger partial charge on any atom is -0.388 e. The van der Waals surface area contributed by atoms with Crippen LogP contribution in [0.5, 0.6) is 0 Å². The molecule has 1 heteroatoms. The molecule has 0 radical (unpaired) electrons. The van der Waals surface area contributed by atoms with Crippen molar-refractivity contribution < 1.29 is 5.11 Å². The minimum absolute atomic E-state index is 0.299. The van der Waals surface area contributed by atoms with Gasteiger partial charge in [-0.3, -0.25) is 0 Å². The molecular weight excluding hydrogens is 172 g/mol. The molecule has 1 N–H and O–H groups in total. The number of aliphatic hydroxyl groups is 1. The van der Waals surface area contributed by atoms with Gasteiger partial charge in [0.05, 0.1) is 6.10 Å². The van der Waals surface area contributed by atoms with Crippen molar-refractivity contribution in [3.05, 3.63) is 35.4 Å². The van der Waals surface area contributed by atoms with E-state index >= 15 is 0 Å². The van der Waals surface area contributed by atoms with Crippen LogP contribution < -0.4 is 0 Å². The van der Waals surface area contributed by atoms with Crippen molar-refractivity contribution in [2.75, 3.05) is 0 Å². The molecule has 1 nitrogen and oxygen atoms in total. The third kappa shape index (κ3) is 1.83. The van der Waals surface area contributed by atoms with Crippen molar-refractivity contribution >= 4 is 0 Å². The maximum absolute atomic E-state index is 10.1. The van der Waals surface area contributed by atoms with Crippen LogP contribution in [0.25, 0.3) is 0 Å². The van der Waals surface area contributed by atoms with Gasteiger partial charge in [0.15, 0.2) is 0 Å². The van der Waals surface area contributed by atoms with Crippen LogP contribution in [0.2, 0.25) is 0 Å². The summed E-state index contributed by atoms with van der Waals surface area (Å²) in [6, 6.07) is 8.33. The van der Waals surface area contributed by atoms with Crippen molar-refractivity contribution in [1.82, 2.24) is 0 Å². The van der Waals surface area contributed by atoms with Crippen molar-refractivity contribution in [3.63, 3.8) is 0 Å². The lowest BCUT2D eigenvalue weighted by Gasteiger charge is -2.18. The van der Waals surface area contributed by atoms with Crippen LogP contribution in [0.4, 0.5) is 0 Å². The Morgan fingerprint density at radius 3 is 2.43 bits per heavy atom. The largest absolute Gasteiger partial charge is 0.388 e. The molecule has 0 bridgehead atoms. The molecule has 14 heavy (non-hydrogen) atoms.